The van der Waals surface area contributed by atoms with Crippen molar-refractivity contribution in [3.05, 3.63) is 30.1 Å². The zero-order valence-corrected chi connectivity index (χ0v) is 18.8. The monoisotopic (exact) mass is 426 g/mol. The quantitative estimate of drug-likeness (QED) is 0.700. The molecule has 0 spiro atoms. The third-order valence-electron chi connectivity index (χ3n) is 8.14. The van der Waals surface area contributed by atoms with Crippen LogP contribution in [0, 0.1) is 11.8 Å². The number of nitrogens with zero attached hydrogens (tertiary/aromatic N) is 4. The molecular formula is C25H38N4O2. The number of morpholine rings is 1. The molecule has 0 N–H and O–H groups in total. The topological polar surface area (TPSA) is 48.9 Å². The van der Waals surface area contributed by atoms with Crippen LogP contribution in [0.15, 0.2) is 24.5 Å². The van der Waals surface area contributed by atoms with E-state index in [1.807, 2.05) is 17.3 Å². The van der Waals surface area contributed by atoms with Crippen molar-refractivity contribution >= 4 is 5.91 Å². The molecule has 4 fully saturated rings. The van der Waals surface area contributed by atoms with Gasteiger partial charge in [-0.2, -0.15) is 0 Å². The van der Waals surface area contributed by atoms with Gasteiger partial charge >= 0.3 is 0 Å². The van der Waals surface area contributed by atoms with E-state index in [1.54, 1.807) is 0 Å². The summed E-state index contributed by atoms with van der Waals surface area (Å²) in [5.74, 6) is 1.88. The molecule has 1 aromatic rings. The van der Waals surface area contributed by atoms with Crippen molar-refractivity contribution in [2.75, 3.05) is 45.9 Å². The average Bonchev–Trinajstić information content (AvgIpc) is 2.82. The summed E-state index contributed by atoms with van der Waals surface area (Å²) in [6, 6.07) is 5.63. The summed E-state index contributed by atoms with van der Waals surface area (Å²) in [5, 5.41) is 0. The molecule has 31 heavy (non-hydrogen) atoms. The van der Waals surface area contributed by atoms with E-state index in [-0.39, 0.29) is 0 Å². The first-order chi connectivity index (χ1) is 15.3. The number of pyridine rings is 1. The Morgan fingerprint density at radius 2 is 1.97 bits per heavy atom. The standard InChI is InChI=1S/C25H38N4O2/c30-24(27-13-15-31-16-14-27)9-1-8-23-22-7-4-12-28-11-3-6-21(25(22)28)19-29(23)18-20-5-2-10-26-17-20/h2,5,10,17,21-23,25H,1,3-4,6-9,11-16,18-19H2/t21-,22+,23+,25-/m0/s1. The third-order valence-corrected chi connectivity index (χ3v) is 8.14. The summed E-state index contributed by atoms with van der Waals surface area (Å²) in [5.41, 5.74) is 1.32. The highest BCUT2D eigenvalue weighted by molar-refractivity contribution is 5.76. The van der Waals surface area contributed by atoms with Crippen molar-refractivity contribution in [1.29, 1.82) is 0 Å². The van der Waals surface area contributed by atoms with Gasteiger partial charge in [-0.1, -0.05) is 6.07 Å². The van der Waals surface area contributed by atoms with Crippen molar-refractivity contribution in [1.82, 2.24) is 19.7 Å². The number of piperidine rings is 3. The number of hydrogen-bond acceptors (Lipinski definition) is 5. The normalized spacial score (nSPS) is 31.9. The third kappa shape index (κ3) is 4.81. The van der Waals surface area contributed by atoms with Gasteiger partial charge in [-0.3, -0.25) is 19.6 Å². The zero-order chi connectivity index (χ0) is 21.0. The van der Waals surface area contributed by atoms with Gasteiger partial charge in [0.2, 0.25) is 5.91 Å². The van der Waals surface area contributed by atoms with Crippen LogP contribution in [0.25, 0.3) is 0 Å². The molecule has 1 aromatic heterocycles. The summed E-state index contributed by atoms with van der Waals surface area (Å²) in [4.78, 5) is 24.6. The Hall–Kier alpha value is -1.50. The molecule has 5 rings (SSSR count). The second-order valence-electron chi connectivity index (χ2n) is 9.98. The molecule has 1 amide bonds. The Bertz CT molecular complexity index is 721. The second kappa shape index (κ2) is 9.97. The lowest BCUT2D eigenvalue weighted by molar-refractivity contribution is -0.135. The van der Waals surface area contributed by atoms with Gasteiger partial charge < -0.3 is 9.64 Å². The van der Waals surface area contributed by atoms with E-state index >= 15 is 0 Å². The lowest BCUT2D eigenvalue weighted by atomic mass is 9.69. The van der Waals surface area contributed by atoms with E-state index in [9.17, 15) is 4.79 Å². The highest BCUT2D eigenvalue weighted by atomic mass is 16.5. The molecule has 4 aliphatic rings. The predicted octanol–water partition coefficient (Wildman–Crippen LogP) is 2.79. The fourth-order valence-electron chi connectivity index (χ4n) is 6.82. The van der Waals surface area contributed by atoms with E-state index in [0.717, 1.165) is 50.4 Å². The Labute approximate surface area is 186 Å². The van der Waals surface area contributed by atoms with Crippen LogP contribution in [-0.4, -0.2) is 83.6 Å². The van der Waals surface area contributed by atoms with Crippen LogP contribution in [0.4, 0.5) is 0 Å². The summed E-state index contributed by atoms with van der Waals surface area (Å²) >= 11 is 0. The molecule has 4 aliphatic heterocycles. The number of hydrogen-bond donors (Lipinski definition) is 0. The van der Waals surface area contributed by atoms with Crippen LogP contribution >= 0.6 is 0 Å². The van der Waals surface area contributed by atoms with Crippen LogP contribution in [0.3, 0.4) is 0 Å². The molecule has 0 radical (unpaired) electrons. The van der Waals surface area contributed by atoms with Crippen molar-refractivity contribution in [2.45, 2.75) is 63.6 Å². The maximum atomic E-state index is 12.7. The highest BCUT2D eigenvalue weighted by Crippen LogP contribution is 2.43. The number of amides is 1. The highest BCUT2D eigenvalue weighted by Gasteiger charge is 2.48. The first-order valence-corrected chi connectivity index (χ1v) is 12.5. The van der Waals surface area contributed by atoms with Crippen molar-refractivity contribution in [2.24, 2.45) is 11.8 Å². The van der Waals surface area contributed by atoms with Gasteiger partial charge in [-0.05, 0) is 75.1 Å². The van der Waals surface area contributed by atoms with Gasteiger partial charge in [0, 0.05) is 57.1 Å². The fourth-order valence-corrected chi connectivity index (χ4v) is 6.82. The number of likely N-dealkylation sites (tertiary alicyclic amines) is 1. The van der Waals surface area contributed by atoms with Gasteiger partial charge in [-0.25, -0.2) is 0 Å². The molecule has 170 valence electrons. The molecule has 4 saturated heterocycles. The number of carbonyl (C=O) groups excluding carboxylic acids is 1. The minimum atomic E-state index is 0.318. The predicted molar refractivity (Wildman–Crippen MR) is 120 cm³/mol. The van der Waals surface area contributed by atoms with Gasteiger partial charge in [0.05, 0.1) is 13.2 Å². The van der Waals surface area contributed by atoms with Crippen molar-refractivity contribution in [3.63, 3.8) is 0 Å². The number of carbonyl (C=O) groups is 1. The molecule has 6 nitrogen and oxygen atoms in total. The number of rotatable bonds is 6. The maximum Gasteiger partial charge on any atom is 0.222 e. The first kappa shape index (κ1) is 21.4. The molecule has 0 bridgehead atoms. The van der Waals surface area contributed by atoms with E-state index in [4.69, 9.17) is 4.74 Å². The lowest BCUT2D eigenvalue weighted by Gasteiger charge is -2.57. The van der Waals surface area contributed by atoms with E-state index < -0.39 is 0 Å². The number of ether oxygens (including phenoxy) is 1. The van der Waals surface area contributed by atoms with E-state index in [2.05, 4.69) is 26.9 Å². The maximum absolute atomic E-state index is 12.7. The van der Waals surface area contributed by atoms with Gasteiger partial charge in [0.1, 0.15) is 0 Å². The van der Waals surface area contributed by atoms with E-state index in [1.165, 1.54) is 50.9 Å². The molecule has 0 aliphatic carbocycles. The molecular weight excluding hydrogens is 388 g/mol. The van der Waals surface area contributed by atoms with Crippen LogP contribution in [0.1, 0.15) is 50.5 Å². The Balaban J connectivity index is 1.27. The zero-order valence-electron chi connectivity index (χ0n) is 18.8. The molecule has 4 atom stereocenters. The van der Waals surface area contributed by atoms with Gasteiger partial charge in [0.25, 0.3) is 0 Å². The molecule has 0 saturated carbocycles. The summed E-state index contributed by atoms with van der Waals surface area (Å²) in [6.45, 7) is 7.69. The van der Waals surface area contributed by atoms with Crippen molar-refractivity contribution in [3.8, 4) is 0 Å². The Kier molecular flexibility index (Phi) is 6.87. The van der Waals surface area contributed by atoms with Crippen LogP contribution in [0.2, 0.25) is 0 Å². The molecule has 0 unspecified atom stereocenters. The van der Waals surface area contributed by atoms with Gasteiger partial charge in [0.15, 0.2) is 0 Å². The van der Waals surface area contributed by atoms with Crippen LogP contribution in [-0.2, 0) is 16.1 Å². The smallest absolute Gasteiger partial charge is 0.222 e. The largest absolute Gasteiger partial charge is 0.378 e. The van der Waals surface area contributed by atoms with Gasteiger partial charge in [-0.15, -0.1) is 0 Å². The summed E-state index contributed by atoms with van der Waals surface area (Å²) in [7, 11) is 0. The van der Waals surface area contributed by atoms with Crippen molar-refractivity contribution < 1.29 is 9.53 Å². The minimum Gasteiger partial charge on any atom is -0.378 e. The fraction of sp³-hybridized carbons (Fsp3) is 0.760. The first-order valence-electron chi connectivity index (χ1n) is 12.5. The SMILES string of the molecule is O=C(CCC[C@@H]1[C@H]2CCCN3CCC[C@@H](CN1Cc1cccnc1)[C@@H]23)N1CCOCC1. The molecule has 6 heteroatoms. The lowest BCUT2D eigenvalue weighted by Crippen LogP contribution is -2.64. The summed E-state index contributed by atoms with van der Waals surface area (Å²) < 4.78 is 5.41. The average molecular weight is 427 g/mol. The minimum absolute atomic E-state index is 0.318. The second-order valence-corrected chi connectivity index (χ2v) is 9.98. The number of aromatic nitrogens is 1. The molecule has 5 heterocycles. The molecule has 0 aromatic carbocycles. The summed E-state index contributed by atoms with van der Waals surface area (Å²) in [6.07, 6.45) is 12.1. The Morgan fingerprint density at radius 3 is 2.77 bits per heavy atom. The van der Waals surface area contributed by atoms with E-state index in [0.29, 0.717) is 31.6 Å². The Morgan fingerprint density at radius 1 is 1.13 bits per heavy atom. The van der Waals surface area contributed by atoms with Crippen LogP contribution < -0.4 is 0 Å². The van der Waals surface area contributed by atoms with Crippen LogP contribution in [0.5, 0.6) is 0 Å².